The van der Waals surface area contributed by atoms with Crippen LogP contribution in [-0.2, 0) is 0 Å². The first-order chi connectivity index (χ1) is 10.9. The Morgan fingerprint density at radius 2 is 1.83 bits per heavy atom. The molecule has 0 heterocycles. The number of aliphatic hydroxyl groups excluding tert-OH is 1. The number of rotatable bonds is 4. The van der Waals surface area contributed by atoms with Crippen molar-refractivity contribution in [2.45, 2.75) is 20.3 Å². The first-order valence-corrected chi connectivity index (χ1v) is 7.25. The molecule has 3 N–H and O–H groups in total. The Hall–Kier alpha value is -2.69. The predicted molar refractivity (Wildman–Crippen MR) is 87.2 cm³/mol. The monoisotopic (exact) mass is 316 g/mol. The Kier molecular flexibility index (Phi) is 4.79. The highest BCUT2D eigenvalue weighted by molar-refractivity contribution is 6.09. The normalized spacial score (nSPS) is 17.3. The van der Waals surface area contributed by atoms with Crippen LogP contribution in [0.1, 0.15) is 27.9 Å². The largest absolute Gasteiger partial charge is 0.508 e. The highest BCUT2D eigenvalue weighted by Gasteiger charge is 2.23. The van der Waals surface area contributed by atoms with Gasteiger partial charge in [0.05, 0.1) is 7.11 Å². The smallest absolute Gasteiger partial charge is 0.193 e. The predicted octanol–water partition coefficient (Wildman–Crippen LogP) is 3.48. The maximum absolute atomic E-state index is 12.4. The summed E-state index contributed by atoms with van der Waals surface area (Å²) in [4.78, 5) is 12.4. The third kappa shape index (κ3) is 3.23. The number of phenols is 2. The summed E-state index contributed by atoms with van der Waals surface area (Å²) in [6, 6.07) is 0. The van der Waals surface area contributed by atoms with Crippen LogP contribution in [-0.4, -0.2) is 28.2 Å². The van der Waals surface area contributed by atoms with Gasteiger partial charge in [0.1, 0.15) is 28.6 Å². The van der Waals surface area contributed by atoms with Crippen molar-refractivity contribution in [2.75, 3.05) is 7.11 Å². The Morgan fingerprint density at radius 3 is 2.30 bits per heavy atom. The Labute approximate surface area is 134 Å². The number of aromatic hydroxyl groups is 2. The molecule has 1 aromatic rings. The summed E-state index contributed by atoms with van der Waals surface area (Å²) in [6.45, 7) is 3.25. The fraction of sp³-hybridized carbons (Fsp3) is 0.278. The van der Waals surface area contributed by atoms with E-state index < -0.39 is 5.78 Å². The van der Waals surface area contributed by atoms with Crippen LogP contribution in [0.2, 0.25) is 0 Å². The van der Waals surface area contributed by atoms with Crippen molar-refractivity contribution < 1.29 is 24.9 Å². The third-order valence-corrected chi connectivity index (χ3v) is 3.92. The second kappa shape index (κ2) is 6.60. The van der Waals surface area contributed by atoms with Crippen LogP contribution in [0.15, 0.2) is 36.1 Å². The van der Waals surface area contributed by atoms with Gasteiger partial charge in [0.15, 0.2) is 5.78 Å². The van der Waals surface area contributed by atoms with Crippen molar-refractivity contribution in [3.8, 4) is 17.2 Å². The molecule has 122 valence electrons. The Balaban J connectivity index is 2.32. The first kappa shape index (κ1) is 16.7. The molecule has 0 saturated carbocycles. The molecule has 2 rings (SSSR count). The zero-order valence-electron chi connectivity index (χ0n) is 13.3. The molecule has 0 amide bonds. The van der Waals surface area contributed by atoms with E-state index in [1.165, 1.54) is 13.2 Å². The first-order valence-electron chi connectivity index (χ1n) is 7.25. The molecule has 1 aromatic carbocycles. The minimum Gasteiger partial charge on any atom is -0.508 e. The summed E-state index contributed by atoms with van der Waals surface area (Å²) in [7, 11) is 1.44. The molecule has 0 radical (unpaired) electrons. The van der Waals surface area contributed by atoms with Crippen molar-refractivity contribution in [1.82, 2.24) is 0 Å². The van der Waals surface area contributed by atoms with E-state index in [1.54, 1.807) is 38.2 Å². The van der Waals surface area contributed by atoms with Gasteiger partial charge in [-0.2, -0.15) is 0 Å². The number of allylic oxidation sites excluding steroid dienone is 5. The molecule has 1 atom stereocenters. The highest BCUT2D eigenvalue weighted by atomic mass is 16.5. The fourth-order valence-electron chi connectivity index (χ4n) is 2.59. The number of aliphatic hydroxyl groups is 1. The number of methoxy groups -OCH3 is 1. The quantitative estimate of drug-likeness (QED) is 0.585. The number of hydrogen-bond donors (Lipinski definition) is 3. The van der Waals surface area contributed by atoms with Crippen LogP contribution in [0.5, 0.6) is 17.2 Å². The molecule has 1 unspecified atom stereocenters. The number of carbonyl (C=O) groups is 1. The molecule has 5 nitrogen and oxygen atoms in total. The average Bonchev–Trinajstić information content (AvgIpc) is 2.53. The fourth-order valence-corrected chi connectivity index (χ4v) is 2.59. The van der Waals surface area contributed by atoms with E-state index in [2.05, 4.69) is 0 Å². The molecular weight excluding hydrogens is 296 g/mol. The summed E-state index contributed by atoms with van der Waals surface area (Å²) in [5, 5.41) is 29.7. The molecule has 0 aliphatic heterocycles. The average molecular weight is 316 g/mol. The summed E-state index contributed by atoms with van der Waals surface area (Å²) in [5.41, 5.74) is 0.685. The third-order valence-electron chi connectivity index (χ3n) is 3.92. The van der Waals surface area contributed by atoms with Crippen LogP contribution in [0, 0.1) is 19.8 Å². The van der Waals surface area contributed by atoms with Crippen molar-refractivity contribution in [1.29, 1.82) is 0 Å². The van der Waals surface area contributed by atoms with Gasteiger partial charge in [0, 0.05) is 11.1 Å². The van der Waals surface area contributed by atoms with Gasteiger partial charge in [-0.25, -0.2) is 0 Å². The molecule has 0 spiro atoms. The number of benzene rings is 1. The lowest BCUT2D eigenvalue weighted by Crippen LogP contribution is -2.03. The lowest BCUT2D eigenvalue weighted by Gasteiger charge is -2.15. The number of phenolic OH excluding ortho intramolecular Hbond substituents is 2. The standard InChI is InChI=1S/C18H20O5/c1-10-16(21)15(17(22)11(2)18(10)23-3)14(20)9-6-12-4-7-13(19)8-5-12/h4,6-9,12,19,21-22H,5H2,1-3H3. The zero-order valence-corrected chi connectivity index (χ0v) is 13.3. The van der Waals surface area contributed by atoms with Gasteiger partial charge in [-0.1, -0.05) is 12.2 Å². The van der Waals surface area contributed by atoms with Crippen molar-refractivity contribution >= 4 is 5.78 Å². The molecule has 0 aromatic heterocycles. The van der Waals surface area contributed by atoms with Crippen LogP contribution in [0.25, 0.3) is 0 Å². The van der Waals surface area contributed by atoms with Crippen LogP contribution >= 0.6 is 0 Å². The van der Waals surface area contributed by atoms with E-state index in [0.717, 1.165) is 0 Å². The van der Waals surface area contributed by atoms with Crippen molar-refractivity contribution in [2.24, 2.45) is 5.92 Å². The number of ether oxygens (including phenoxy) is 1. The van der Waals surface area contributed by atoms with E-state index in [1.807, 2.05) is 0 Å². The SMILES string of the molecule is COc1c(C)c(O)c(C(=O)C=CC2C=CC(O)=CC2)c(O)c1C. The summed E-state index contributed by atoms with van der Waals surface area (Å²) in [6.07, 6.45) is 8.60. The van der Waals surface area contributed by atoms with Gasteiger partial charge in [-0.15, -0.1) is 0 Å². The molecule has 1 aliphatic rings. The molecule has 0 fully saturated rings. The molecule has 1 aliphatic carbocycles. The van der Waals surface area contributed by atoms with Gasteiger partial charge in [-0.3, -0.25) is 4.79 Å². The van der Waals surface area contributed by atoms with Crippen LogP contribution in [0.3, 0.4) is 0 Å². The van der Waals surface area contributed by atoms with E-state index >= 15 is 0 Å². The van der Waals surface area contributed by atoms with Crippen molar-refractivity contribution in [3.63, 3.8) is 0 Å². The van der Waals surface area contributed by atoms with Gasteiger partial charge in [0.2, 0.25) is 0 Å². The molecule has 0 bridgehead atoms. The van der Waals surface area contributed by atoms with E-state index in [-0.39, 0.29) is 28.7 Å². The molecular formula is C18H20O5. The number of carbonyl (C=O) groups excluding carboxylic acids is 1. The number of ketones is 1. The van der Waals surface area contributed by atoms with Crippen LogP contribution < -0.4 is 4.74 Å². The highest BCUT2D eigenvalue weighted by Crippen LogP contribution is 2.41. The lowest BCUT2D eigenvalue weighted by molar-refractivity contribution is 0.104. The Bertz CT molecular complexity index is 696. The minimum atomic E-state index is -0.485. The van der Waals surface area contributed by atoms with E-state index in [9.17, 15) is 20.1 Å². The maximum atomic E-state index is 12.4. The molecule has 5 heteroatoms. The van der Waals surface area contributed by atoms with Gasteiger partial charge < -0.3 is 20.1 Å². The second-order valence-electron chi connectivity index (χ2n) is 5.47. The van der Waals surface area contributed by atoms with Gasteiger partial charge in [0.25, 0.3) is 0 Å². The summed E-state index contributed by atoms with van der Waals surface area (Å²) >= 11 is 0. The molecule has 0 saturated heterocycles. The topological polar surface area (TPSA) is 87.0 Å². The second-order valence-corrected chi connectivity index (χ2v) is 5.47. The lowest BCUT2D eigenvalue weighted by atomic mass is 9.96. The minimum absolute atomic E-state index is 0.0143. The van der Waals surface area contributed by atoms with Crippen LogP contribution in [0.4, 0.5) is 0 Å². The van der Waals surface area contributed by atoms with E-state index in [0.29, 0.717) is 23.3 Å². The maximum Gasteiger partial charge on any atom is 0.193 e. The van der Waals surface area contributed by atoms with Gasteiger partial charge >= 0.3 is 0 Å². The summed E-state index contributed by atoms with van der Waals surface area (Å²) < 4.78 is 5.15. The van der Waals surface area contributed by atoms with E-state index in [4.69, 9.17) is 4.74 Å². The van der Waals surface area contributed by atoms with Crippen molar-refractivity contribution in [3.05, 3.63) is 52.8 Å². The summed E-state index contributed by atoms with van der Waals surface area (Å²) in [5.74, 6) is -0.498. The van der Waals surface area contributed by atoms with Gasteiger partial charge in [-0.05, 0) is 44.4 Å². The zero-order chi connectivity index (χ0) is 17.1. The number of hydrogen-bond acceptors (Lipinski definition) is 5. The Morgan fingerprint density at radius 1 is 1.22 bits per heavy atom. The molecule has 23 heavy (non-hydrogen) atoms.